The number of aromatic nitrogens is 2. The van der Waals surface area contributed by atoms with Crippen LogP contribution in [0, 0.1) is 0 Å². The maximum absolute atomic E-state index is 12.8. The number of nitrogens with zero attached hydrogens (tertiary/aromatic N) is 2. The molecule has 0 unspecified atom stereocenters. The minimum atomic E-state index is -0.783. The summed E-state index contributed by atoms with van der Waals surface area (Å²) >= 11 is 1.04. The van der Waals surface area contributed by atoms with Crippen LogP contribution in [0.4, 0.5) is 0 Å². The zero-order valence-corrected chi connectivity index (χ0v) is 15.7. The van der Waals surface area contributed by atoms with Crippen LogP contribution < -0.4 is 5.56 Å². The number of thioether (sulfide) groups is 1. The summed E-state index contributed by atoms with van der Waals surface area (Å²) in [5.41, 5.74) is 0.198. The Kier molecular flexibility index (Phi) is 6.38. The van der Waals surface area contributed by atoms with Crippen molar-refractivity contribution in [2.45, 2.75) is 36.9 Å². The first-order chi connectivity index (χ1) is 12.3. The monoisotopic (exact) mass is 380 g/mol. The van der Waals surface area contributed by atoms with Crippen LogP contribution in [-0.4, -0.2) is 52.2 Å². The molecule has 0 saturated heterocycles. The van der Waals surface area contributed by atoms with Gasteiger partial charge in [0, 0.05) is 0 Å². The van der Waals surface area contributed by atoms with E-state index in [1.165, 1.54) is 37.0 Å². The molecule has 0 aliphatic heterocycles. The summed E-state index contributed by atoms with van der Waals surface area (Å²) < 4.78 is 10.7. The maximum atomic E-state index is 12.8. The lowest BCUT2D eigenvalue weighted by Crippen LogP contribution is -2.29. The molecule has 0 saturated carbocycles. The van der Waals surface area contributed by atoms with Crippen molar-refractivity contribution in [3.05, 3.63) is 34.1 Å². The molecule has 0 bridgehead atoms. The Hall–Kier alpha value is -2.39. The second-order valence-corrected chi connectivity index (χ2v) is 6.97. The molecular weight excluding hydrogens is 360 g/mol. The number of aliphatic hydroxyl groups excluding tert-OH is 1. The van der Waals surface area contributed by atoms with Gasteiger partial charge in [0.15, 0.2) is 5.16 Å². The Bertz CT molecular complexity index is 893. The fourth-order valence-corrected chi connectivity index (χ4v) is 3.28. The Morgan fingerprint density at radius 1 is 1.27 bits per heavy atom. The molecule has 0 fully saturated rings. The zero-order valence-electron chi connectivity index (χ0n) is 14.9. The summed E-state index contributed by atoms with van der Waals surface area (Å²) in [4.78, 5) is 40.7. The van der Waals surface area contributed by atoms with Gasteiger partial charge in [0.25, 0.3) is 5.56 Å². The first-order valence-electron chi connectivity index (χ1n) is 7.84. The van der Waals surface area contributed by atoms with E-state index >= 15 is 0 Å². The number of hydrogen-bond acceptors (Lipinski definition) is 8. The van der Waals surface area contributed by atoms with E-state index in [0.717, 1.165) is 11.8 Å². The Labute approximate surface area is 154 Å². The van der Waals surface area contributed by atoms with Gasteiger partial charge < -0.3 is 14.6 Å². The number of benzene rings is 1. The summed E-state index contributed by atoms with van der Waals surface area (Å²) in [6.45, 7) is 3.20. The molecule has 1 heterocycles. The molecule has 1 aromatic carbocycles. The van der Waals surface area contributed by atoms with E-state index in [4.69, 9.17) is 4.74 Å². The van der Waals surface area contributed by atoms with E-state index in [0.29, 0.717) is 10.9 Å². The lowest BCUT2D eigenvalue weighted by molar-refractivity contribution is -0.139. The summed E-state index contributed by atoms with van der Waals surface area (Å²) in [6.07, 6.45) is -0.783. The average molecular weight is 380 g/mol. The van der Waals surface area contributed by atoms with Crippen molar-refractivity contribution in [1.29, 1.82) is 0 Å². The highest BCUT2D eigenvalue weighted by Crippen LogP contribution is 2.24. The number of rotatable bonds is 6. The first kappa shape index (κ1) is 19.9. The highest BCUT2D eigenvalue weighted by Gasteiger charge is 2.21. The second kappa shape index (κ2) is 8.33. The Balaban J connectivity index is 2.63. The molecule has 0 amide bonds. The Morgan fingerprint density at radius 2 is 1.96 bits per heavy atom. The van der Waals surface area contributed by atoms with Crippen molar-refractivity contribution in [2.75, 3.05) is 14.2 Å². The number of hydrogen-bond donors (Lipinski definition) is 1. The van der Waals surface area contributed by atoms with E-state index in [9.17, 15) is 19.5 Å². The minimum absolute atomic E-state index is 0.0246. The number of carbonyl (C=O) groups is 2. The largest absolute Gasteiger partial charge is 0.468 e. The van der Waals surface area contributed by atoms with Crippen LogP contribution in [0.15, 0.2) is 28.2 Å². The van der Waals surface area contributed by atoms with Gasteiger partial charge in [0.2, 0.25) is 0 Å². The smallest absolute Gasteiger partial charge is 0.337 e. The van der Waals surface area contributed by atoms with E-state index in [2.05, 4.69) is 9.72 Å². The van der Waals surface area contributed by atoms with Gasteiger partial charge >= 0.3 is 11.9 Å². The number of fused-ring (bicyclic) bond motifs is 1. The highest BCUT2D eigenvalue weighted by molar-refractivity contribution is 8.00. The maximum Gasteiger partial charge on any atom is 0.337 e. The van der Waals surface area contributed by atoms with Crippen LogP contribution in [-0.2, 0) is 20.8 Å². The van der Waals surface area contributed by atoms with Gasteiger partial charge in [-0.15, -0.1) is 0 Å². The number of ether oxygens (including phenoxy) is 2. The number of carbonyl (C=O) groups excluding carboxylic acids is 2. The third kappa shape index (κ3) is 4.23. The van der Waals surface area contributed by atoms with Gasteiger partial charge in [-0.25, -0.2) is 9.78 Å². The van der Waals surface area contributed by atoms with E-state index in [-0.39, 0.29) is 22.8 Å². The average Bonchev–Trinajstić information content (AvgIpc) is 2.62. The van der Waals surface area contributed by atoms with Crippen molar-refractivity contribution < 1.29 is 24.2 Å². The van der Waals surface area contributed by atoms with E-state index in [1.807, 2.05) is 0 Å². The Morgan fingerprint density at radius 3 is 2.54 bits per heavy atom. The predicted octanol–water partition coefficient (Wildman–Crippen LogP) is 1.22. The van der Waals surface area contributed by atoms with Crippen LogP contribution in [0.5, 0.6) is 0 Å². The van der Waals surface area contributed by atoms with Crippen molar-refractivity contribution in [3.63, 3.8) is 0 Å². The summed E-state index contributed by atoms with van der Waals surface area (Å²) in [5.74, 6) is -1.00. The van der Waals surface area contributed by atoms with Crippen molar-refractivity contribution in [1.82, 2.24) is 9.55 Å². The van der Waals surface area contributed by atoms with Gasteiger partial charge in [0.1, 0.15) is 5.25 Å². The van der Waals surface area contributed by atoms with Crippen LogP contribution in [0.25, 0.3) is 10.9 Å². The fourth-order valence-electron chi connectivity index (χ4n) is 2.33. The molecule has 1 aromatic heterocycles. The predicted molar refractivity (Wildman–Crippen MR) is 96.4 cm³/mol. The fraction of sp³-hybridized carbons (Fsp3) is 0.412. The minimum Gasteiger partial charge on any atom is -0.468 e. The molecule has 0 spiro atoms. The van der Waals surface area contributed by atoms with Gasteiger partial charge in [-0.2, -0.15) is 0 Å². The first-order valence-corrected chi connectivity index (χ1v) is 8.72. The summed E-state index contributed by atoms with van der Waals surface area (Å²) in [5, 5.41) is 9.66. The van der Waals surface area contributed by atoms with Gasteiger partial charge in [0.05, 0.1) is 43.3 Å². The third-order valence-corrected chi connectivity index (χ3v) is 4.67. The molecule has 9 heteroatoms. The molecule has 0 aliphatic carbocycles. The van der Waals surface area contributed by atoms with Gasteiger partial charge in [-0.1, -0.05) is 11.8 Å². The van der Waals surface area contributed by atoms with Crippen molar-refractivity contribution in [2.24, 2.45) is 0 Å². The topological polar surface area (TPSA) is 108 Å². The molecule has 8 nitrogen and oxygen atoms in total. The third-order valence-electron chi connectivity index (χ3n) is 3.60. The summed E-state index contributed by atoms with van der Waals surface area (Å²) in [6, 6.07) is 4.43. The molecule has 26 heavy (non-hydrogen) atoms. The SMILES string of the molecule is COC(=O)c1ccc2c(=O)n(C[C@H](C)O)c(S[C@@H](C)C(=O)OC)nc2c1. The van der Waals surface area contributed by atoms with Crippen LogP contribution in [0.1, 0.15) is 24.2 Å². The van der Waals surface area contributed by atoms with Crippen molar-refractivity contribution >= 4 is 34.6 Å². The van der Waals surface area contributed by atoms with Crippen LogP contribution in [0.3, 0.4) is 0 Å². The molecular formula is C17H20N2O6S. The lowest BCUT2D eigenvalue weighted by Gasteiger charge is -2.16. The normalized spacial score (nSPS) is 13.3. The molecule has 0 radical (unpaired) electrons. The number of esters is 2. The van der Waals surface area contributed by atoms with E-state index in [1.54, 1.807) is 13.8 Å². The lowest BCUT2D eigenvalue weighted by atomic mass is 10.1. The molecule has 140 valence electrons. The quantitative estimate of drug-likeness (QED) is 0.453. The van der Waals surface area contributed by atoms with Gasteiger partial charge in [-0.3, -0.25) is 14.2 Å². The number of aliphatic hydroxyl groups is 1. The second-order valence-electron chi connectivity index (χ2n) is 5.67. The van der Waals surface area contributed by atoms with Crippen LogP contribution in [0.2, 0.25) is 0 Å². The standard InChI is InChI=1S/C17H20N2O6S/c1-9(20)8-19-14(21)12-6-5-11(16(23)25-4)7-13(12)18-17(19)26-10(2)15(22)24-3/h5-7,9-10,20H,8H2,1-4H3/t9-,10-/m0/s1. The zero-order chi connectivity index (χ0) is 19.4. The van der Waals surface area contributed by atoms with Crippen molar-refractivity contribution in [3.8, 4) is 0 Å². The molecule has 0 aliphatic rings. The number of methoxy groups -OCH3 is 2. The molecule has 1 N–H and O–H groups in total. The molecule has 2 atom stereocenters. The van der Waals surface area contributed by atoms with E-state index < -0.39 is 23.3 Å². The highest BCUT2D eigenvalue weighted by atomic mass is 32.2. The molecule has 2 rings (SSSR count). The van der Waals surface area contributed by atoms with Crippen LogP contribution >= 0.6 is 11.8 Å². The van der Waals surface area contributed by atoms with Gasteiger partial charge in [-0.05, 0) is 32.0 Å². The molecule has 2 aromatic rings. The summed E-state index contributed by atoms with van der Waals surface area (Å²) in [7, 11) is 2.54.